The van der Waals surface area contributed by atoms with E-state index in [2.05, 4.69) is 59.5 Å². The minimum Gasteiger partial charge on any atom is -0.354 e. The SMILES string of the molecule is Cc1cc(-c2[nH]c3cc([C@H]4C[C@H]5CC[C@@H](C4)N5)sc3c2C(C)C)cn2ncnc12. The number of aromatic nitrogens is 4. The van der Waals surface area contributed by atoms with Crippen molar-refractivity contribution in [1.82, 2.24) is 24.9 Å². The first-order valence-corrected chi connectivity index (χ1v) is 11.6. The van der Waals surface area contributed by atoms with Gasteiger partial charge in [-0.2, -0.15) is 5.10 Å². The first-order valence-electron chi connectivity index (χ1n) is 10.8. The number of pyridine rings is 1. The standard InChI is InChI=1S/C23H27N5S/c1-12(2)20-21(15-6-13(3)23-24-11-25-28(23)10-15)27-18-9-19(29-22(18)20)14-7-16-4-5-17(8-14)26-16/h6,9-12,14,16-17,26-27H,4-5,7-8H2,1-3H3/t14-,16+,17-. The lowest BCUT2D eigenvalue weighted by atomic mass is 9.91. The molecule has 2 aliphatic rings. The number of aromatic amines is 1. The Morgan fingerprint density at radius 1 is 1.17 bits per heavy atom. The minimum atomic E-state index is 0.459. The highest BCUT2D eigenvalue weighted by Crippen LogP contribution is 2.45. The quantitative estimate of drug-likeness (QED) is 0.482. The molecule has 4 aromatic heterocycles. The van der Waals surface area contributed by atoms with E-state index in [1.54, 1.807) is 11.2 Å². The van der Waals surface area contributed by atoms with Crippen molar-refractivity contribution >= 4 is 27.2 Å². The smallest absolute Gasteiger partial charge is 0.158 e. The third-order valence-corrected chi connectivity index (χ3v) is 8.16. The monoisotopic (exact) mass is 405 g/mol. The summed E-state index contributed by atoms with van der Waals surface area (Å²) in [6.07, 6.45) is 9.03. The second-order valence-corrected chi connectivity index (χ2v) is 10.3. The summed E-state index contributed by atoms with van der Waals surface area (Å²) in [6, 6.07) is 6.14. The van der Waals surface area contributed by atoms with Crippen molar-refractivity contribution in [2.24, 2.45) is 0 Å². The summed E-state index contributed by atoms with van der Waals surface area (Å²) >= 11 is 2.02. The van der Waals surface area contributed by atoms with Crippen LogP contribution in [0.5, 0.6) is 0 Å². The van der Waals surface area contributed by atoms with Gasteiger partial charge in [0.15, 0.2) is 5.65 Å². The number of H-pyrrole nitrogens is 1. The van der Waals surface area contributed by atoms with E-state index in [1.807, 2.05) is 15.9 Å². The van der Waals surface area contributed by atoms with Crippen LogP contribution in [0, 0.1) is 6.92 Å². The van der Waals surface area contributed by atoms with Crippen molar-refractivity contribution in [1.29, 1.82) is 0 Å². The van der Waals surface area contributed by atoms with Crippen LogP contribution in [0.2, 0.25) is 0 Å². The average Bonchev–Trinajstić information content (AvgIpc) is 3.43. The number of thiophene rings is 1. The Kier molecular flexibility index (Phi) is 3.90. The molecule has 2 saturated heterocycles. The van der Waals surface area contributed by atoms with Gasteiger partial charge in [-0.25, -0.2) is 9.50 Å². The van der Waals surface area contributed by atoms with Crippen molar-refractivity contribution in [3.05, 3.63) is 40.7 Å². The molecule has 29 heavy (non-hydrogen) atoms. The molecule has 0 aliphatic carbocycles. The highest BCUT2D eigenvalue weighted by atomic mass is 32.1. The van der Waals surface area contributed by atoms with Crippen LogP contribution in [0.1, 0.15) is 67.4 Å². The summed E-state index contributed by atoms with van der Waals surface area (Å²) in [6.45, 7) is 6.71. The Balaban J connectivity index is 1.45. The van der Waals surface area contributed by atoms with E-state index in [9.17, 15) is 0 Å². The maximum atomic E-state index is 4.37. The molecule has 0 saturated carbocycles. The molecule has 2 N–H and O–H groups in total. The van der Waals surface area contributed by atoms with E-state index in [-0.39, 0.29) is 0 Å². The van der Waals surface area contributed by atoms with Crippen molar-refractivity contribution in [3.63, 3.8) is 0 Å². The summed E-state index contributed by atoms with van der Waals surface area (Å²) in [7, 11) is 0. The van der Waals surface area contributed by atoms with Gasteiger partial charge >= 0.3 is 0 Å². The molecular formula is C23H27N5S. The molecule has 150 valence electrons. The van der Waals surface area contributed by atoms with Crippen molar-refractivity contribution < 1.29 is 0 Å². The molecule has 6 rings (SSSR count). The molecule has 0 amide bonds. The van der Waals surface area contributed by atoms with Gasteiger partial charge in [0.05, 0.1) is 15.9 Å². The molecule has 2 fully saturated rings. The molecule has 5 nitrogen and oxygen atoms in total. The second-order valence-electron chi connectivity index (χ2n) is 9.21. The first-order chi connectivity index (χ1) is 14.1. The highest BCUT2D eigenvalue weighted by molar-refractivity contribution is 7.19. The summed E-state index contributed by atoms with van der Waals surface area (Å²) in [5, 5.41) is 8.14. The fourth-order valence-corrected chi connectivity index (χ4v) is 6.96. The van der Waals surface area contributed by atoms with E-state index in [0.717, 1.165) is 29.2 Å². The van der Waals surface area contributed by atoms with Gasteiger partial charge in [-0.1, -0.05) is 13.8 Å². The van der Waals surface area contributed by atoms with E-state index < -0.39 is 0 Å². The molecule has 6 heterocycles. The lowest BCUT2D eigenvalue weighted by Gasteiger charge is -2.28. The minimum absolute atomic E-state index is 0.459. The van der Waals surface area contributed by atoms with Crippen LogP contribution in [0.15, 0.2) is 24.7 Å². The lowest BCUT2D eigenvalue weighted by Crippen LogP contribution is -2.36. The normalized spacial score (nSPS) is 24.3. The number of aryl methyl sites for hydroxylation is 1. The largest absolute Gasteiger partial charge is 0.354 e. The fraction of sp³-hybridized carbons (Fsp3) is 0.478. The van der Waals surface area contributed by atoms with Crippen LogP contribution in [0.4, 0.5) is 0 Å². The number of piperidine rings is 1. The molecule has 4 aromatic rings. The van der Waals surface area contributed by atoms with Gasteiger partial charge in [-0.15, -0.1) is 11.3 Å². The maximum Gasteiger partial charge on any atom is 0.158 e. The van der Waals surface area contributed by atoms with Crippen LogP contribution in [-0.2, 0) is 0 Å². The Hall–Kier alpha value is -2.18. The van der Waals surface area contributed by atoms with E-state index in [4.69, 9.17) is 0 Å². The topological polar surface area (TPSA) is 58.0 Å². The maximum absolute atomic E-state index is 4.37. The van der Waals surface area contributed by atoms with E-state index in [0.29, 0.717) is 5.92 Å². The van der Waals surface area contributed by atoms with Gasteiger partial charge in [0.25, 0.3) is 0 Å². The van der Waals surface area contributed by atoms with Gasteiger partial charge in [-0.05, 0) is 67.7 Å². The number of fused-ring (bicyclic) bond motifs is 4. The zero-order valence-electron chi connectivity index (χ0n) is 17.2. The molecule has 3 atom stereocenters. The number of nitrogens with zero attached hydrogens (tertiary/aromatic N) is 3. The Labute approximate surface area is 174 Å². The zero-order valence-corrected chi connectivity index (χ0v) is 18.0. The van der Waals surface area contributed by atoms with Crippen molar-refractivity contribution in [2.45, 2.75) is 70.4 Å². The third kappa shape index (κ3) is 2.76. The van der Waals surface area contributed by atoms with E-state index in [1.165, 1.54) is 52.7 Å². The van der Waals surface area contributed by atoms with Gasteiger partial charge in [-0.3, -0.25) is 0 Å². The van der Waals surface area contributed by atoms with Gasteiger partial charge in [0, 0.05) is 28.7 Å². The van der Waals surface area contributed by atoms with Gasteiger partial charge < -0.3 is 10.3 Å². The fourth-order valence-electron chi connectivity index (χ4n) is 5.52. The molecule has 2 aliphatic heterocycles. The summed E-state index contributed by atoms with van der Waals surface area (Å²) in [4.78, 5) is 9.71. The lowest BCUT2D eigenvalue weighted by molar-refractivity contribution is 0.366. The predicted molar refractivity (Wildman–Crippen MR) is 119 cm³/mol. The van der Waals surface area contributed by atoms with Crippen molar-refractivity contribution in [2.75, 3.05) is 0 Å². The summed E-state index contributed by atoms with van der Waals surface area (Å²) < 4.78 is 3.33. The van der Waals surface area contributed by atoms with Crippen LogP contribution < -0.4 is 5.32 Å². The zero-order chi connectivity index (χ0) is 19.7. The first kappa shape index (κ1) is 17.7. The predicted octanol–water partition coefficient (Wildman–Crippen LogP) is 5.37. The molecule has 0 aromatic carbocycles. The molecule has 0 unspecified atom stereocenters. The van der Waals surface area contributed by atoms with Crippen LogP contribution >= 0.6 is 11.3 Å². The molecule has 2 bridgehead atoms. The average molecular weight is 406 g/mol. The summed E-state index contributed by atoms with van der Waals surface area (Å²) in [5.74, 6) is 1.18. The highest BCUT2D eigenvalue weighted by Gasteiger charge is 2.35. The summed E-state index contributed by atoms with van der Waals surface area (Å²) in [5.41, 5.74) is 7.24. The Morgan fingerprint density at radius 2 is 1.97 bits per heavy atom. The molecule has 0 radical (unpaired) electrons. The van der Waals surface area contributed by atoms with Gasteiger partial charge in [0.1, 0.15) is 6.33 Å². The second kappa shape index (κ2) is 6.41. The number of hydrogen-bond acceptors (Lipinski definition) is 4. The van der Waals surface area contributed by atoms with Crippen LogP contribution in [-0.4, -0.2) is 31.7 Å². The van der Waals surface area contributed by atoms with Crippen molar-refractivity contribution in [3.8, 4) is 11.3 Å². The molecule has 6 heteroatoms. The third-order valence-electron chi connectivity index (χ3n) is 6.83. The number of hydrogen-bond donors (Lipinski definition) is 2. The molecular weight excluding hydrogens is 378 g/mol. The Bertz CT molecular complexity index is 1200. The number of rotatable bonds is 3. The molecule has 0 spiro atoms. The van der Waals surface area contributed by atoms with Crippen LogP contribution in [0.25, 0.3) is 27.1 Å². The Morgan fingerprint density at radius 3 is 2.72 bits per heavy atom. The number of nitrogens with one attached hydrogen (secondary N) is 2. The van der Waals surface area contributed by atoms with Gasteiger partial charge in [0.2, 0.25) is 0 Å². The van der Waals surface area contributed by atoms with Crippen LogP contribution in [0.3, 0.4) is 0 Å². The van der Waals surface area contributed by atoms with E-state index >= 15 is 0 Å².